The van der Waals surface area contributed by atoms with Crippen LogP contribution in [0.3, 0.4) is 0 Å². The van der Waals surface area contributed by atoms with Crippen LogP contribution in [-0.2, 0) is 21.5 Å². The van der Waals surface area contributed by atoms with Gasteiger partial charge in [-0.05, 0) is 30.5 Å². The molecule has 0 saturated carbocycles. The summed E-state index contributed by atoms with van der Waals surface area (Å²) in [6, 6.07) is 11.4. The van der Waals surface area contributed by atoms with Crippen molar-refractivity contribution in [3.05, 3.63) is 60.4 Å². The summed E-state index contributed by atoms with van der Waals surface area (Å²) in [5.41, 5.74) is 0.949. The third-order valence-corrected chi connectivity index (χ3v) is 6.41. The number of amidine groups is 1. The van der Waals surface area contributed by atoms with Crippen LogP contribution in [0, 0.1) is 5.41 Å². The summed E-state index contributed by atoms with van der Waals surface area (Å²) in [4.78, 5) is 23.8. The maximum atomic E-state index is 12.8. The molecule has 2 saturated heterocycles. The Kier molecular flexibility index (Phi) is 5.20. The minimum Gasteiger partial charge on any atom is -0.311 e. The Morgan fingerprint density at radius 1 is 1.21 bits per heavy atom. The highest BCUT2D eigenvalue weighted by molar-refractivity contribution is 7.90. The molecule has 2 fully saturated rings. The Balaban J connectivity index is 1.42. The molecule has 1 aromatic carbocycles. The van der Waals surface area contributed by atoms with Gasteiger partial charge in [0.1, 0.15) is 17.3 Å². The number of hydrogen-bond donors (Lipinski definition) is 2. The van der Waals surface area contributed by atoms with Crippen LogP contribution in [0.2, 0.25) is 0 Å². The summed E-state index contributed by atoms with van der Waals surface area (Å²) < 4.78 is 27.2. The van der Waals surface area contributed by atoms with E-state index in [0.29, 0.717) is 19.4 Å². The van der Waals surface area contributed by atoms with Crippen molar-refractivity contribution in [2.24, 2.45) is 0 Å². The molecule has 2 amide bonds. The smallest absolute Gasteiger partial charge is 0.311 e. The lowest BCUT2D eigenvalue weighted by Crippen LogP contribution is -2.50. The number of piperidine rings is 1. The van der Waals surface area contributed by atoms with E-state index in [2.05, 4.69) is 9.71 Å². The summed E-state index contributed by atoms with van der Waals surface area (Å²) >= 11 is 0. The van der Waals surface area contributed by atoms with Crippen molar-refractivity contribution in [3.8, 4) is 0 Å². The molecule has 0 spiro atoms. The lowest BCUT2D eigenvalue weighted by atomic mass is 10.0. The molecule has 3 heterocycles. The minimum absolute atomic E-state index is 0.0287. The average molecular weight is 415 g/mol. The van der Waals surface area contributed by atoms with E-state index in [9.17, 15) is 13.2 Å². The van der Waals surface area contributed by atoms with Gasteiger partial charge in [-0.2, -0.15) is 5.06 Å². The van der Waals surface area contributed by atoms with E-state index in [1.54, 1.807) is 0 Å². The highest BCUT2D eigenvalue weighted by Crippen LogP contribution is 2.30. The number of aromatic nitrogens is 1. The van der Waals surface area contributed by atoms with Gasteiger partial charge in [0.25, 0.3) is 10.0 Å². The van der Waals surface area contributed by atoms with Crippen molar-refractivity contribution in [3.63, 3.8) is 0 Å². The summed E-state index contributed by atoms with van der Waals surface area (Å²) in [5, 5.41) is 9.63. The summed E-state index contributed by atoms with van der Waals surface area (Å²) in [7, 11) is -3.92. The quantitative estimate of drug-likeness (QED) is 0.551. The molecular formula is C19H21N5O4S. The van der Waals surface area contributed by atoms with Gasteiger partial charge in [-0.15, -0.1) is 0 Å². The molecule has 0 unspecified atom stereocenters. The molecular weight excluding hydrogens is 394 g/mol. The Bertz CT molecular complexity index is 1000. The first-order chi connectivity index (χ1) is 14.0. The third kappa shape index (κ3) is 3.94. The van der Waals surface area contributed by atoms with Crippen LogP contribution in [0.4, 0.5) is 4.79 Å². The van der Waals surface area contributed by atoms with Crippen LogP contribution in [0.5, 0.6) is 0 Å². The van der Waals surface area contributed by atoms with Crippen molar-refractivity contribution in [2.75, 3.05) is 6.54 Å². The number of pyridine rings is 1. The summed E-state index contributed by atoms with van der Waals surface area (Å²) in [6.45, 7) is 0.669. The van der Waals surface area contributed by atoms with Gasteiger partial charge in [-0.3, -0.25) is 20.0 Å². The van der Waals surface area contributed by atoms with E-state index in [1.807, 2.05) is 30.3 Å². The SMILES string of the molecule is N=C(NS(=O)(=O)c1cccnc1)[C@@H]1CC[C@@H]2CN1C(=O)N2OCc1ccccc1. The van der Waals surface area contributed by atoms with Crippen molar-refractivity contribution in [1.29, 1.82) is 5.41 Å². The Hall–Kier alpha value is -2.98. The number of sulfonamides is 1. The fraction of sp³-hybridized carbons (Fsp3) is 0.316. The second-order valence-electron chi connectivity index (χ2n) is 6.97. The number of carbonyl (C=O) groups excluding carboxylic acids is 1. The number of rotatable bonds is 6. The van der Waals surface area contributed by atoms with Gasteiger partial charge >= 0.3 is 6.03 Å². The van der Waals surface area contributed by atoms with Crippen molar-refractivity contribution >= 4 is 21.9 Å². The van der Waals surface area contributed by atoms with Gasteiger partial charge in [-0.1, -0.05) is 30.3 Å². The number of hydroxylamine groups is 2. The molecule has 2 aromatic rings. The first-order valence-corrected chi connectivity index (χ1v) is 10.7. The van der Waals surface area contributed by atoms with E-state index < -0.39 is 16.1 Å². The van der Waals surface area contributed by atoms with Crippen LogP contribution in [-0.4, -0.2) is 53.9 Å². The topological polar surface area (TPSA) is 116 Å². The average Bonchev–Trinajstić information content (AvgIpc) is 2.97. The van der Waals surface area contributed by atoms with E-state index in [4.69, 9.17) is 10.2 Å². The van der Waals surface area contributed by atoms with Crippen LogP contribution in [0.15, 0.2) is 59.8 Å². The Labute approximate surface area is 168 Å². The Morgan fingerprint density at radius 2 is 2.00 bits per heavy atom. The first-order valence-electron chi connectivity index (χ1n) is 9.23. The number of carbonyl (C=O) groups is 1. The maximum absolute atomic E-state index is 12.8. The van der Waals surface area contributed by atoms with Gasteiger partial charge in [0.05, 0.1) is 12.1 Å². The highest BCUT2D eigenvalue weighted by Gasteiger charge is 2.47. The number of urea groups is 1. The van der Waals surface area contributed by atoms with Crippen LogP contribution in [0.1, 0.15) is 18.4 Å². The van der Waals surface area contributed by atoms with Gasteiger partial charge in [-0.25, -0.2) is 13.2 Å². The second kappa shape index (κ2) is 7.80. The molecule has 0 aliphatic carbocycles. The molecule has 10 heteroatoms. The molecule has 152 valence electrons. The number of nitrogens with zero attached hydrogens (tertiary/aromatic N) is 3. The van der Waals surface area contributed by atoms with Gasteiger partial charge in [0.2, 0.25) is 0 Å². The standard InChI is InChI=1S/C19H21N5O4S/c20-18(22-29(26,27)16-7-4-10-21-11-16)17-9-8-15-12-23(17)19(25)24(15)28-13-14-5-2-1-3-6-14/h1-7,10-11,15,17H,8-9,12-13H2,(H2,20,22)/t15-,17+/m1/s1. The lowest BCUT2D eigenvalue weighted by Gasteiger charge is -2.30. The fourth-order valence-electron chi connectivity index (χ4n) is 3.59. The predicted octanol–water partition coefficient (Wildman–Crippen LogP) is 1.74. The van der Waals surface area contributed by atoms with Gasteiger partial charge in [0, 0.05) is 18.9 Å². The van der Waals surface area contributed by atoms with E-state index in [0.717, 1.165) is 5.56 Å². The monoisotopic (exact) mass is 415 g/mol. The molecule has 2 atom stereocenters. The normalized spacial score (nSPS) is 21.3. The number of fused-ring (bicyclic) bond motifs is 2. The molecule has 4 rings (SSSR count). The zero-order chi connectivity index (χ0) is 20.4. The lowest BCUT2D eigenvalue weighted by molar-refractivity contribution is -0.140. The molecule has 2 aliphatic rings. The van der Waals surface area contributed by atoms with Crippen molar-refractivity contribution in [2.45, 2.75) is 36.4 Å². The van der Waals surface area contributed by atoms with Crippen molar-refractivity contribution < 1.29 is 18.0 Å². The molecule has 1 aromatic heterocycles. The first kappa shape index (κ1) is 19.3. The molecule has 29 heavy (non-hydrogen) atoms. The molecule has 2 N–H and O–H groups in total. The van der Waals surface area contributed by atoms with Crippen LogP contribution in [0.25, 0.3) is 0 Å². The van der Waals surface area contributed by atoms with E-state index in [-0.39, 0.29) is 29.4 Å². The molecule has 2 bridgehead atoms. The molecule has 0 radical (unpaired) electrons. The summed E-state index contributed by atoms with van der Waals surface area (Å²) in [5.74, 6) is -0.231. The third-order valence-electron chi connectivity index (χ3n) is 5.06. The Morgan fingerprint density at radius 3 is 2.72 bits per heavy atom. The van der Waals surface area contributed by atoms with E-state index >= 15 is 0 Å². The zero-order valence-corrected chi connectivity index (χ0v) is 16.4. The largest absolute Gasteiger partial charge is 0.344 e. The number of benzene rings is 1. The fourth-order valence-corrected chi connectivity index (χ4v) is 4.59. The van der Waals surface area contributed by atoms with Gasteiger partial charge in [0.15, 0.2) is 0 Å². The van der Waals surface area contributed by atoms with Crippen LogP contribution >= 0.6 is 0 Å². The van der Waals surface area contributed by atoms with Crippen LogP contribution < -0.4 is 4.72 Å². The predicted molar refractivity (Wildman–Crippen MR) is 104 cm³/mol. The van der Waals surface area contributed by atoms with E-state index in [1.165, 1.54) is 34.5 Å². The number of hydrogen-bond acceptors (Lipinski definition) is 6. The zero-order valence-electron chi connectivity index (χ0n) is 15.6. The number of nitrogens with one attached hydrogen (secondary N) is 2. The van der Waals surface area contributed by atoms with Crippen molar-refractivity contribution in [1.82, 2.24) is 19.7 Å². The maximum Gasteiger partial charge on any atom is 0.344 e. The minimum atomic E-state index is -3.92. The molecule has 2 aliphatic heterocycles. The molecule has 9 nitrogen and oxygen atoms in total. The second-order valence-corrected chi connectivity index (χ2v) is 8.66. The number of amides is 2. The summed E-state index contributed by atoms with van der Waals surface area (Å²) in [6.07, 6.45) is 3.79. The highest BCUT2D eigenvalue weighted by atomic mass is 32.2. The van der Waals surface area contributed by atoms with Gasteiger partial charge < -0.3 is 4.90 Å².